The second-order valence-corrected chi connectivity index (χ2v) is 9.52. The molecule has 1 aliphatic rings. The third-order valence-corrected chi connectivity index (χ3v) is 6.27. The second-order valence-electron chi connectivity index (χ2n) is 9.52. The van der Waals surface area contributed by atoms with Gasteiger partial charge in [0.05, 0.1) is 31.1 Å². The molecule has 4 aromatic rings. The Balaban J connectivity index is 1.47. The zero-order chi connectivity index (χ0) is 23.3. The summed E-state index contributed by atoms with van der Waals surface area (Å²) in [5.41, 5.74) is 7.82. The van der Waals surface area contributed by atoms with Crippen molar-refractivity contribution >= 4 is 28.2 Å². The molecule has 3 N–H and O–H groups in total. The molecule has 10 nitrogen and oxygen atoms in total. The monoisotopic (exact) mass is 450 g/mol. The van der Waals surface area contributed by atoms with Crippen molar-refractivity contribution in [3.8, 4) is 5.75 Å². The van der Waals surface area contributed by atoms with Gasteiger partial charge in [-0.15, -0.1) is 5.10 Å². The molecule has 0 unspecified atom stereocenters. The minimum Gasteiger partial charge on any atom is -0.494 e. The smallest absolute Gasteiger partial charge is 0.223 e. The Labute approximate surface area is 192 Å². The molecular formula is C23H30N8O2. The lowest BCUT2D eigenvalue weighted by molar-refractivity contribution is 0.0577. The van der Waals surface area contributed by atoms with Gasteiger partial charge < -0.3 is 20.5 Å². The van der Waals surface area contributed by atoms with Crippen LogP contribution in [0.1, 0.15) is 45.4 Å². The number of nitrogens with two attached hydrogens (primary N) is 1. The molecule has 1 fully saturated rings. The van der Waals surface area contributed by atoms with Crippen LogP contribution in [0.4, 0.5) is 11.6 Å². The fraction of sp³-hybridized carbons (Fsp3) is 0.478. The fourth-order valence-corrected chi connectivity index (χ4v) is 4.64. The average molecular weight is 451 g/mol. The Kier molecular flexibility index (Phi) is 5.12. The number of ether oxygens (including phenoxy) is 1. The fourth-order valence-electron chi connectivity index (χ4n) is 4.64. The van der Waals surface area contributed by atoms with Gasteiger partial charge in [0.25, 0.3) is 0 Å². The number of piperidine rings is 1. The maximum absolute atomic E-state index is 10.1. The van der Waals surface area contributed by atoms with Crippen molar-refractivity contribution in [1.29, 1.82) is 0 Å². The van der Waals surface area contributed by atoms with E-state index in [2.05, 4.69) is 21.9 Å². The number of nitrogens with zero attached hydrogens (tertiary/aromatic N) is 7. The topological polar surface area (TPSA) is 120 Å². The summed E-state index contributed by atoms with van der Waals surface area (Å²) in [7, 11) is 1.62. The van der Waals surface area contributed by atoms with Crippen molar-refractivity contribution in [2.45, 2.75) is 57.7 Å². The molecule has 0 spiro atoms. The first-order chi connectivity index (χ1) is 15.7. The van der Waals surface area contributed by atoms with Gasteiger partial charge in [0, 0.05) is 30.1 Å². The number of methoxy groups -OCH3 is 1. The summed E-state index contributed by atoms with van der Waals surface area (Å²) in [6.45, 7) is 7.00. The summed E-state index contributed by atoms with van der Waals surface area (Å²) in [4.78, 5) is 11.8. The largest absolute Gasteiger partial charge is 0.494 e. The molecule has 10 heteroatoms. The standard InChI is InChI=1S/C23H30N8O2/c1-14-8-9-15(11-30(14)16-10-25-29(12-16)13-23(2,3)32)20-27-21-17-6-5-7-18(33-4)19(17)26-22(24)31(21)28-20/h5-7,10,12,14-15,32H,8-9,11,13H2,1-4H3,(H2,24,26)/t14-,15-/m1/s1. The highest BCUT2D eigenvalue weighted by molar-refractivity contribution is 5.95. The van der Waals surface area contributed by atoms with E-state index in [1.807, 2.05) is 30.6 Å². The first kappa shape index (κ1) is 21.4. The van der Waals surface area contributed by atoms with Crippen molar-refractivity contribution in [1.82, 2.24) is 29.4 Å². The molecule has 3 aromatic heterocycles. The summed E-state index contributed by atoms with van der Waals surface area (Å²) in [6.07, 6.45) is 5.86. The van der Waals surface area contributed by atoms with E-state index < -0.39 is 5.60 Å². The zero-order valence-electron chi connectivity index (χ0n) is 19.4. The molecule has 4 heterocycles. The first-order valence-corrected chi connectivity index (χ1v) is 11.2. The SMILES string of the molecule is COc1cccc2c1nc(N)n1nc([C@@H]3CC[C@@H](C)N(c4cnn(CC(C)(C)O)c4)C3)nc21. The van der Waals surface area contributed by atoms with E-state index >= 15 is 0 Å². The molecule has 1 aliphatic heterocycles. The van der Waals surface area contributed by atoms with E-state index in [1.54, 1.807) is 30.2 Å². The Morgan fingerprint density at radius 3 is 2.82 bits per heavy atom. The molecule has 0 saturated carbocycles. The number of benzene rings is 1. The molecule has 174 valence electrons. The van der Waals surface area contributed by atoms with Crippen LogP contribution in [0.25, 0.3) is 16.6 Å². The Bertz CT molecular complexity index is 1310. The van der Waals surface area contributed by atoms with Gasteiger partial charge in [0.2, 0.25) is 5.95 Å². The minimum atomic E-state index is -0.820. The number of nitrogen functional groups attached to an aromatic ring is 1. The maximum atomic E-state index is 10.1. The number of hydrogen-bond donors (Lipinski definition) is 2. The normalized spacial score (nSPS) is 19.5. The molecule has 0 radical (unpaired) electrons. The molecular weight excluding hydrogens is 420 g/mol. The predicted octanol–water partition coefficient (Wildman–Crippen LogP) is 2.61. The maximum Gasteiger partial charge on any atom is 0.223 e. The van der Waals surface area contributed by atoms with Gasteiger partial charge in [-0.25, -0.2) is 9.97 Å². The van der Waals surface area contributed by atoms with Gasteiger partial charge in [-0.1, -0.05) is 6.07 Å². The lowest BCUT2D eigenvalue weighted by Crippen LogP contribution is -2.41. The molecule has 5 rings (SSSR count). The van der Waals surface area contributed by atoms with E-state index in [9.17, 15) is 5.11 Å². The van der Waals surface area contributed by atoms with Crippen LogP contribution in [-0.4, -0.2) is 59.8 Å². The zero-order valence-corrected chi connectivity index (χ0v) is 19.4. The number of hydrogen-bond acceptors (Lipinski definition) is 8. The first-order valence-electron chi connectivity index (χ1n) is 11.2. The number of fused-ring (bicyclic) bond motifs is 3. The van der Waals surface area contributed by atoms with Gasteiger partial charge in [0.1, 0.15) is 11.3 Å². The van der Waals surface area contributed by atoms with Crippen molar-refractivity contribution in [3.05, 3.63) is 36.4 Å². The summed E-state index contributed by atoms with van der Waals surface area (Å²) in [6, 6.07) is 6.11. The Hall–Kier alpha value is -3.40. The second kappa shape index (κ2) is 7.87. The van der Waals surface area contributed by atoms with Gasteiger partial charge in [-0.2, -0.15) is 9.61 Å². The van der Waals surface area contributed by atoms with Crippen LogP contribution in [0, 0.1) is 0 Å². The quantitative estimate of drug-likeness (QED) is 0.476. The molecule has 1 aromatic carbocycles. The Morgan fingerprint density at radius 2 is 2.06 bits per heavy atom. The minimum absolute atomic E-state index is 0.152. The van der Waals surface area contributed by atoms with E-state index in [0.717, 1.165) is 36.3 Å². The van der Waals surface area contributed by atoms with E-state index in [1.165, 1.54) is 0 Å². The highest BCUT2D eigenvalue weighted by Crippen LogP contribution is 2.34. The molecule has 33 heavy (non-hydrogen) atoms. The van der Waals surface area contributed by atoms with Crippen molar-refractivity contribution in [2.75, 3.05) is 24.3 Å². The van der Waals surface area contributed by atoms with Gasteiger partial charge >= 0.3 is 0 Å². The third-order valence-electron chi connectivity index (χ3n) is 6.27. The van der Waals surface area contributed by atoms with Crippen LogP contribution in [0.15, 0.2) is 30.6 Å². The number of para-hydroxylation sites is 1. The van der Waals surface area contributed by atoms with Crippen LogP contribution >= 0.6 is 0 Å². The predicted molar refractivity (Wildman–Crippen MR) is 127 cm³/mol. The summed E-state index contributed by atoms with van der Waals surface area (Å²) in [5, 5.41) is 20.2. The van der Waals surface area contributed by atoms with Crippen LogP contribution < -0.4 is 15.4 Å². The number of aliphatic hydroxyl groups is 1. The van der Waals surface area contributed by atoms with Crippen molar-refractivity contribution in [3.63, 3.8) is 0 Å². The molecule has 2 atom stereocenters. The highest BCUT2D eigenvalue weighted by atomic mass is 16.5. The van der Waals surface area contributed by atoms with E-state index in [4.69, 9.17) is 20.6 Å². The van der Waals surface area contributed by atoms with Gasteiger partial charge in [-0.05, 0) is 45.7 Å². The van der Waals surface area contributed by atoms with Crippen LogP contribution in [0.3, 0.4) is 0 Å². The lowest BCUT2D eigenvalue weighted by Gasteiger charge is -2.37. The van der Waals surface area contributed by atoms with Crippen LogP contribution in [-0.2, 0) is 6.54 Å². The number of anilines is 2. The molecule has 1 saturated heterocycles. The van der Waals surface area contributed by atoms with E-state index in [-0.39, 0.29) is 11.9 Å². The summed E-state index contributed by atoms with van der Waals surface area (Å²) < 4.78 is 8.87. The van der Waals surface area contributed by atoms with Gasteiger partial charge in [-0.3, -0.25) is 4.68 Å². The van der Waals surface area contributed by atoms with Crippen molar-refractivity contribution in [2.24, 2.45) is 0 Å². The van der Waals surface area contributed by atoms with Crippen LogP contribution in [0.5, 0.6) is 5.75 Å². The number of rotatable bonds is 5. The summed E-state index contributed by atoms with van der Waals surface area (Å²) in [5.74, 6) is 1.86. The molecule has 0 amide bonds. The Morgan fingerprint density at radius 1 is 1.24 bits per heavy atom. The van der Waals surface area contributed by atoms with Crippen LogP contribution in [0.2, 0.25) is 0 Å². The van der Waals surface area contributed by atoms with Crippen molar-refractivity contribution < 1.29 is 9.84 Å². The highest BCUT2D eigenvalue weighted by Gasteiger charge is 2.31. The summed E-state index contributed by atoms with van der Waals surface area (Å²) >= 11 is 0. The van der Waals surface area contributed by atoms with Gasteiger partial charge in [0.15, 0.2) is 11.5 Å². The van der Waals surface area contributed by atoms with E-state index in [0.29, 0.717) is 29.5 Å². The third kappa shape index (κ3) is 3.95. The lowest BCUT2D eigenvalue weighted by atomic mass is 9.92. The molecule has 0 bridgehead atoms. The molecule has 0 aliphatic carbocycles. The number of aromatic nitrogens is 6. The average Bonchev–Trinajstić information content (AvgIpc) is 3.41.